The van der Waals surface area contributed by atoms with Crippen LogP contribution in [-0.4, -0.2) is 31.0 Å². The Balaban J connectivity index is 2.16. The third-order valence-electron chi connectivity index (χ3n) is 4.56. The molecule has 1 amide bonds. The van der Waals surface area contributed by atoms with E-state index in [4.69, 9.17) is 19.8 Å². The highest BCUT2D eigenvalue weighted by molar-refractivity contribution is 6.62. The maximum Gasteiger partial charge on any atom is 0.494 e. The number of carbonyl (C=O) groups excluding carboxylic acids is 1. The molecule has 1 aromatic carbocycles. The Morgan fingerprint density at radius 3 is 2.35 bits per heavy atom. The molecule has 0 radical (unpaired) electrons. The minimum absolute atomic E-state index is 0.0299. The summed E-state index contributed by atoms with van der Waals surface area (Å²) in [4.78, 5) is 10.6. The lowest BCUT2D eigenvalue weighted by atomic mass is 9.78. The van der Waals surface area contributed by atoms with E-state index in [1.807, 2.05) is 27.7 Å². The lowest BCUT2D eigenvalue weighted by molar-refractivity contribution is 0.00578. The van der Waals surface area contributed by atoms with Gasteiger partial charge in [-0.1, -0.05) is 19.1 Å². The summed E-state index contributed by atoms with van der Waals surface area (Å²) < 4.78 is 30.9. The van der Waals surface area contributed by atoms with E-state index in [0.717, 1.165) is 0 Å². The van der Waals surface area contributed by atoms with Crippen LogP contribution >= 0.6 is 0 Å². The van der Waals surface area contributed by atoms with Crippen LogP contribution in [-0.2, 0) is 14.0 Å². The van der Waals surface area contributed by atoms with Crippen molar-refractivity contribution >= 4 is 18.7 Å². The van der Waals surface area contributed by atoms with E-state index >= 15 is 0 Å². The summed E-state index contributed by atoms with van der Waals surface area (Å²) in [6, 6.07) is 4.82. The number of ether oxygens (including phenoxy) is 1. The van der Waals surface area contributed by atoms with E-state index in [-0.39, 0.29) is 12.5 Å². The number of rotatable bonds is 4. The van der Waals surface area contributed by atoms with Crippen molar-refractivity contribution in [3.05, 3.63) is 29.6 Å². The van der Waals surface area contributed by atoms with Crippen molar-refractivity contribution in [2.24, 2.45) is 5.73 Å². The molecule has 1 heterocycles. The topological polar surface area (TPSA) is 70.8 Å². The van der Waals surface area contributed by atoms with Crippen molar-refractivity contribution < 1.29 is 23.2 Å². The number of nitrogens with two attached hydrogens (primary N) is 1. The minimum atomic E-state index is -0.869. The number of hydrogen-bond acceptors (Lipinski definition) is 4. The molecule has 0 spiro atoms. The molecule has 1 fully saturated rings. The van der Waals surface area contributed by atoms with Crippen molar-refractivity contribution in [3.63, 3.8) is 0 Å². The Morgan fingerprint density at radius 2 is 1.87 bits per heavy atom. The summed E-state index contributed by atoms with van der Waals surface area (Å²) in [7, 11) is -0.610. The summed E-state index contributed by atoms with van der Waals surface area (Å²) in [6.07, 6.45) is -0.869. The number of hydrogen-bond donors (Lipinski definition) is 1. The molecule has 126 valence electrons. The molecule has 1 unspecified atom stereocenters. The third kappa shape index (κ3) is 3.67. The molecule has 23 heavy (non-hydrogen) atoms. The first-order valence-corrected chi connectivity index (χ1v) is 7.61. The normalized spacial score (nSPS) is 20.3. The van der Waals surface area contributed by atoms with E-state index in [0.29, 0.717) is 11.0 Å². The van der Waals surface area contributed by atoms with E-state index in [9.17, 15) is 9.18 Å². The molecule has 0 bridgehead atoms. The van der Waals surface area contributed by atoms with Gasteiger partial charge >= 0.3 is 13.2 Å². The highest BCUT2D eigenvalue weighted by atomic mass is 19.1. The average molecular weight is 323 g/mol. The zero-order valence-electron chi connectivity index (χ0n) is 14.2. The van der Waals surface area contributed by atoms with Gasteiger partial charge in [0, 0.05) is 5.92 Å². The first kappa shape index (κ1) is 17.8. The minimum Gasteiger partial charge on any atom is -0.449 e. The van der Waals surface area contributed by atoms with Crippen molar-refractivity contribution in [1.29, 1.82) is 0 Å². The van der Waals surface area contributed by atoms with Gasteiger partial charge < -0.3 is 19.8 Å². The molecule has 1 aliphatic heterocycles. The maximum atomic E-state index is 14.4. The predicted molar refractivity (Wildman–Crippen MR) is 86.1 cm³/mol. The fraction of sp³-hybridized carbons (Fsp3) is 0.562. The zero-order chi connectivity index (χ0) is 17.4. The van der Waals surface area contributed by atoms with Crippen LogP contribution < -0.4 is 11.2 Å². The Morgan fingerprint density at radius 1 is 1.30 bits per heavy atom. The number of halogens is 1. The molecule has 0 aromatic heterocycles. The molecule has 2 rings (SSSR count). The second-order valence-electron chi connectivity index (χ2n) is 6.90. The molecule has 0 saturated carbocycles. The van der Waals surface area contributed by atoms with E-state index in [1.54, 1.807) is 19.1 Å². The first-order chi connectivity index (χ1) is 10.5. The number of amides is 1. The van der Waals surface area contributed by atoms with Crippen molar-refractivity contribution in [1.82, 2.24) is 0 Å². The van der Waals surface area contributed by atoms with Crippen LogP contribution in [0.15, 0.2) is 18.2 Å². The number of carbonyl (C=O) groups is 1. The monoisotopic (exact) mass is 323 g/mol. The van der Waals surface area contributed by atoms with Crippen LogP contribution in [0.1, 0.15) is 46.1 Å². The van der Waals surface area contributed by atoms with E-state index in [2.05, 4.69) is 0 Å². The van der Waals surface area contributed by atoms with Crippen molar-refractivity contribution in [2.75, 3.05) is 6.61 Å². The SMILES string of the molecule is CC(COC(N)=O)c1ccc(B2OC(C)(C)C(C)(C)O2)cc1F. The van der Waals surface area contributed by atoms with Crippen LogP contribution in [0.4, 0.5) is 9.18 Å². The molecule has 1 aromatic rings. The Bertz CT molecular complexity index is 590. The molecule has 0 aliphatic carbocycles. The van der Waals surface area contributed by atoms with Crippen LogP contribution in [0, 0.1) is 5.82 Å². The van der Waals surface area contributed by atoms with Crippen LogP contribution in [0.3, 0.4) is 0 Å². The molecular weight excluding hydrogens is 300 g/mol. The standard InChI is InChI=1S/C16H23BFNO4/c1-10(9-21-14(19)20)12-7-6-11(8-13(12)18)17-22-15(2,3)16(4,5)23-17/h6-8,10H,9H2,1-5H3,(H2,19,20). The first-order valence-electron chi connectivity index (χ1n) is 7.61. The third-order valence-corrected chi connectivity index (χ3v) is 4.56. The van der Waals surface area contributed by atoms with Crippen molar-refractivity contribution in [2.45, 2.75) is 51.7 Å². The van der Waals surface area contributed by atoms with E-state index < -0.39 is 30.2 Å². The van der Waals surface area contributed by atoms with Gasteiger partial charge in [-0.3, -0.25) is 0 Å². The maximum absolute atomic E-state index is 14.4. The zero-order valence-corrected chi connectivity index (χ0v) is 14.2. The highest BCUT2D eigenvalue weighted by Gasteiger charge is 2.51. The van der Waals surface area contributed by atoms with E-state index in [1.165, 1.54) is 6.07 Å². The van der Waals surface area contributed by atoms with Gasteiger partial charge in [0.05, 0.1) is 17.8 Å². The van der Waals surface area contributed by atoms with Gasteiger partial charge in [-0.05, 0) is 44.8 Å². The van der Waals surface area contributed by atoms with Gasteiger partial charge in [0.15, 0.2) is 0 Å². The smallest absolute Gasteiger partial charge is 0.449 e. The number of primary amides is 1. The fourth-order valence-corrected chi connectivity index (χ4v) is 2.37. The predicted octanol–water partition coefficient (Wildman–Crippen LogP) is 2.32. The summed E-state index contributed by atoms with van der Waals surface area (Å²) >= 11 is 0. The van der Waals surface area contributed by atoms with Crippen LogP contribution in [0.2, 0.25) is 0 Å². The molecule has 7 heteroatoms. The molecule has 1 atom stereocenters. The summed E-state index contributed by atoms with van der Waals surface area (Å²) in [5.74, 6) is -0.687. The summed E-state index contributed by atoms with van der Waals surface area (Å²) in [5.41, 5.74) is 5.04. The lowest BCUT2D eigenvalue weighted by Gasteiger charge is -2.32. The second kappa shape index (κ2) is 6.13. The van der Waals surface area contributed by atoms with Gasteiger partial charge in [0.25, 0.3) is 0 Å². The Hall–Kier alpha value is -1.60. The van der Waals surface area contributed by atoms with Gasteiger partial charge in [0.2, 0.25) is 0 Å². The lowest BCUT2D eigenvalue weighted by Crippen LogP contribution is -2.41. The molecule has 1 saturated heterocycles. The molecule has 5 nitrogen and oxygen atoms in total. The number of benzene rings is 1. The Labute approximate surface area is 136 Å². The van der Waals surface area contributed by atoms with Gasteiger partial charge in [-0.25, -0.2) is 9.18 Å². The van der Waals surface area contributed by atoms with Gasteiger partial charge in [-0.15, -0.1) is 0 Å². The van der Waals surface area contributed by atoms with Crippen LogP contribution in [0.5, 0.6) is 0 Å². The largest absolute Gasteiger partial charge is 0.494 e. The highest BCUT2D eigenvalue weighted by Crippen LogP contribution is 2.36. The average Bonchev–Trinajstić information content (AvgIpc) is 2.64. The molecule has 2 N–H and O–H groups in total. The van der Waals surface area contributed by atoms with Gasteiger partial charge in [0.1, 0.15) is 5.82 Å². The van der Waals surface area contributed by atoms with Crippen molar-refractivity contribution in [3.8, 4) is 0 Å². The fourth-order valence-electron chi connectivity index (χ4n) is 2.37. The summed E-state index contributed by atoms with van der Waals surface area (Å²) in [5, 5.41) is 0. The quantitative estimate of drug-likeness (QED) is 0.863. The van der Waals surface area contributed by atoms with Crippen LogP contribution in [0.25, 0.3) is 0 Å². The summed E-state index contributed by atoms with van der Waals surface area (Å²) in [6.45, 7) is 9.57. The second-order valence-corrected chi connectivity index (χ2v) is 6.90. The molecular formula is C16H23BFNO4. The van der Waals surface area contributed by atoms with Gasteiger partial charge in [-0.2, -0.15) is 0 Å². The Kier molecular flexibility index (Phi) is 4.73. The molecule has 1 aliphatic rings.